The number of anilines is 1. The van der Waals surface area contributed by atoms with E-state index in [0.29, 0.717) is 62.0 Å². The van der Waals surface area contributed by atoms with Gasteiger partial charge in [-0.1, -0.05) is 83.9 Å². The summed E-state index contributed by atoms with van der Waals surface area (Å²) in [5.41, 5.74) is 3.92. The van der Waals surface area contributed by atoms with E-state index in [9.17, 15) is 4.79 Å². The molecule has 0 bridgehead atoms. The Hall–Kier alpha value is -6.10. The van der Waals surface area contributed by atoms with Crippen molar-refractivity contribution in [1.29, 1.82) is 0 Å². The summed E-state index contributed by atoms with van der Waals surface area (Å²) < 4.78 is 11.7. The smallest absolute Gasteiger partial charge is 0.230 e. The molecule has 49 heavy (non-hydrogen) atoms. The molecule has 2 N–H and O–H groups in total. The summed E-state index contributed by atoms with van der Waals surface area (Å²) in [6.07, 6.45) is 3.80. The van der Waals surface area contributed by atoms with E-state index in [4.69, 9.17) is 32.7 Å². The zero-order chi connectivity index (χ0) is 33.6. The molecule has 8 aromatic rings. The SMILES string of the molecule is Clc1cccc2cc(CNc3ncnc4nc[nH]c34)c(Oc3ccccc3)nc12.O=Cc1cc2cccc(Cl)c2nc1Oc1ccccc1. The Morgan fingerprint density at radius 3 is 1.96 bits per heavy atom. The number of aromatic nitrogens is 6. The highest BCUT2D eigenvalue weighted by atomic mass is 35.5. The van der Waals surface area contributed by atoms with Crippen molar-refractivity contribution in [2.75, 3.05) is 5.32 Å². The number of fused-ring (bicyclic) bond motifs is 3. The van der Waals surface area contributed by atoms with Crippen LogP contribution in [0.2, 0.25) is 10.0 Å². The monoisotopic (exact) mass is 685 g/mol. The van der Waals surface area contributed by atoms with Gasteiger partial charge in [0.05, 0.1) is 33.0 Å². The second-order valence-electron chi connectivity index (χ2n) is 10.6. The number of nitrogens with zero attached hydrogens (tertiary/aromatic N) is 5. The van der Waals surface area contributed by atoms with Gasteiger partial charge < -0.3 is 19.8 Å². The van der Waals surface area contributed by atoms with Gasteiger partial charge in [0, 0.05) is 22.9 Å². The Labute approximate surface area is 289 Å². The molecule has 0 amide bonds. The number of hydrogen-bond donors (Lipinski definition) is 2. The first-order valence-corrected chi connectivity index (χ1v) is 15.8. The largest absolute Gasteiger partial charge is 0.439 e. The average Bonchev–Trinajstić information content (AvgIpc) is 3.62. The highest BCUT2D eigenvalue weighted by molar-refractivity contribution is 6.35. The molecule has 0 aliphatic rings. The van der Waals surface area contributed by atoms with Crippen LogP contribution in [0.5, 0.6) is 23.3 Å². The molecule has 240 valence electrons. The molecule has 0 fully saturated rings. The summed E-state index contributed by atoms with van der Waals surface area (Å²) in [6.45, 7) is 0.447. The van der Waals surface area contributed by atoms with E-state index in [0.717, 1.165) is 28.1 Å². The first-order chi connectivity index (χ1) is 24.1. The van der Waals surface area contributed by atoms with E-state index in [-0.39, 0.29) is 5.88 Å². The maximum Gasteiger partial charge on any atom is 0.230 e. The molecular formula is C37H25Cl2N7O3. The van der Waals surface area contributed by atoms with Crippen LogP contribution in [0.25, 0.3) is 33.0 Å². The van der Waals surface area contributed by atoms with Crippen LogP contribution in [0, 0.1) is 0 Å². The number of nitrogens with one attached hydrogen (secondary N) is 2. The molecular weight excluding hydrogens is 661 g/mol. The molecule has 8 rings (SSSR count). The van der Waals surface area contributed by atoms with Crippen molar-refractivity contribution in [2.24, 2.45) is 0 Å². The van der Waals surface area contributed by atoms with Gasteiger partial charge in [-0.25, -0.2) is 24.9 Å². The van der Waals surface area contributed by atoms with Gasteiger partial charge in [-0.2, -0.15) is 0 Å². The van der Waals surface area contributed by atoms with Gasteiger partial charge in [0.1, 0.15) is 23.3 Å². The molecule has 4 heterocycles. The number of aldehydes is 1. The van der Waals surface area contributed by atoms with Gasteiger partial charge in [-0.3, -0.25) is 4.79 Å². The number of carbonyl (C=O) groups is 1. The summed E-state index contributed by atoms with van der Waals surface area (Å²) in [7, 11) is 0. The number of halogens is 2. The van der Waals surface area contributed by atoms with Crippen LogP contribution in [0.15, 0.2) is 122 Å². The third-order valence-corrected chi connectivity index (χ3v) is 7.95. The molecule has 0 spiro atoms. The Balaban J connectivity index is 0.000000166. The third kappa shape index (κ3) is 7.10. The number of aromatic amines is 1. The fourth-order valence-electron chi connectivity index (χ4n) is 5.01. The van der Waals surface area contributed by atoms with Gasteiger partial charge in [0.25, 0.3) is 0 Å². The van der Waals surface area contributed by atoms with Crippen LogP contribution >= 0.6 is 23.2 Å². The molecule has 0 radical (unpaired) electrons. The van der Waals surface area contributed by atoms with Crippen LogP contribution in [0.3, 0.4) is 0 Å². The minimum atomic E-state index is 0.256. The van der Waals surface area contributed by atoms with Crippen LogP contribution in [0.1, 0.15) is 15.9 Å². The second-order valence-corrected chi connectivity index (χ2v) is 11.4. The van der Waals surface area contributed by atoms with Gasteiger partial charge in [0.2, 0.25) is 11.8 Å². The van der Waals surface area contributed by atoms with Gasteiger partial charge >= 0.3 is 0 Å². The predicted octanol–water partition coefficient (Wildman–Crippen LogP) is 9.45. The molecule has 10 nitrogen and oxygen atoms in total. The topological polar surface area (TPSA) is 128 Å². The Kier molecular flexibility index (Phi) is 9.22. The molecule has 4 aromatic carbocycles. The second kappa shape index (κ2) is 14.3. The average molecular weight is 687 g/mol. The van der Waals surface area contributed by atoms with Crippen molar-refractivity contribution < 1.29 is 14.3 Å². The van der Waals surface area contributed by atoms with Crippen LogP contribution in [-0.4, -0.2) is 36.2 Å². The molecule has 4 aromatic heterocycles. The van der Waals surface area contributed by atoms with Crippen molar-refractivity contribution in [2.45, 2.75) is 6.54 Å². The highest BCUT2D eigenvalue weighted by Gasteiger charge is 2.14. The minimum absolute atomic E-state index is 0.256. The number of benzene rings is 4. The van der Waals surface area contributed by atoms with Crippen molar-refractivity contribution in [3.8, 4) is 23.3 Å². The summed E-state index contributed by atoms with van der Waals surface area (Å²) >= 11 is 12.5. The lowest BCUT2D eigenvalue weighted by atomic mass is 10.1. The maximum absolute atomic E-state index is 11.2. The Morgan fingerprint density at radius 1 is 0.694 bits per heavy atom. The molecule has 12 heteroatoms. The van der Waals surface area contributed by atoms with Crippen molar-refractivity contribution in [3.05, 3.63) is 143 Å². The zero-order valence-electron chi connectivity index (χ0n) is 25.5. The lowest BCUT2D eigenvalue weighted by molar-refractivity contribution is 0.112. The predicted molar refractivity (Wildman–Crippen MR) is 191 cm³/mol. The summed E-state index contributed by atoms with van der Waals surface area (Å²) in [5, 5.41) is 6.16. The fraction of sp³-hybridized carbons (Fsp3) is 0.0270. The van der Waals surface area contributed by atoms with E-state index in [1.807, 2.05) is 84.9 Å². The Bertz CT molecular complexity index is 2410. The number of H-pyrrole nitrogens is 1. The quantitative estimate of drug-likeness (QED) is 0.150. The zero-order valence-corrected chi connectivity index (χ0v) is 27.1. The third-order valence-electron chi connectivity index (χ3n) is 7.34. The fourth-order valence-corrected chi connectivity index (χ4v) is 5.46. The number of rotatable bonds is 8. The first-order valence-electron chi connectivity index (χ1n) is 15.0. The van der Waals surface area contributed by atoms with Crippen molar-refractivity contribution in [1.82, 2.24) is 29.9 Å². The molecule has 0 atom stereocenters. The van der Waals surface area contributed by atoms with Gasteiger partial charge in [0.15, 0.2) is 17.8 Å². The Morgan fingerprint density at radius 2 is 1.31 bits per heavy atom. The minimum Gasteiger partial charge on any atom is -0.439 e. The highest BCUT2D eigenvalue weighted by Crippen LogP contribution is 2.32. The van der Waals surface area contributed by atoms with Crippen molar-refractivity contribution in [3.63, 3.8) is 0 Å². The van der Waals surface area contributed by atoms with Gasteiger partial charge in [-0.15, -0.1) is 0 Å². The molecule has 0 aliphatic carbocycles. The summed E-state index contributed by atoms with van der Waals surface area (Å²) in [5.74, 6) is 2.72. The lowest BCUT2D eigenvalue weighted by Gasteiger charge is -2.13. The number of para-hydroxylation sites is 4. The first kappa shape index (κ1) is 31.5. The molecule has 0 saturated carbocycles. The number of hydrogen-bond acceptors (Lipinski definition) is 9. The van der Waals surface area contributed by atoms with E-state index in [2.05, 4.69) is 35.2 Å². The van der Waals surface area contributed by atoms with Crippen LogP contribution in [-0.2, 0) is 6.54 Å². The molecule has 0 unspecified atom stereocenters. The summed E-state index contributed by atoms with van der Waals surface area (Å²) in [4.78, 5) is 35.9. The van der Waals surface area contributed by atoms with E-state index in [1.54, 1.807) is 30.6 Å². The number of ether oxygens (including phenoxy) is 2. The van der Waals surface area contributed by atoms with Gasteiger partial charge in [-0.05, 0) is 48.5 Å². The number of pyridine rings is 2. The van der Waals surface area contributed by atoms with Crippen LogP contribution < -0.4 is 14.8 Å². The standard InChI is InChI=1S/C21H15ClN6O.C16H10ClNO2/c22-16-8-4-5-13-9-14(10-23-19-18-20(25-11-24-18)27-12-26-19)21(28-17(13)16)29-15-6-2-1-3-7-15;17-14-8-4-5-11-9-12(10-19)16(18-15(11)14)20-13-6-2-1-3-7-13/h1-9,11-12H,10H2,(H2,23,24,25,26,27);1-10H. The normalized spacial score (nSPS) is 10.8. The molecule has 0 saturated heterocycles. The summed E-state index contributed by atoms with van der Waals surface area (Å²) in [6, 6.07) is 33.6. The van der Waals surface area contributed by atoms with E-state index < -0.39 is 0 Å². The van der Waals surface area contributed by atoms with Crippen LogP contribution in [0.4, 0.5) is 5.82 Å². The van der Waals surface area contributed by atoms with E-state index >= 15 is 0 Å². The number of carbonyl (C=O) groups excluding carboxylic acids is 1. The number of imidazole rings is 1. The van der Waals surface area contributed by atoms with Crippen molar-refractivity contribution >= 4 is 68.3 Å². The maximum atomic E-state index is 11.2. The molecule has 0 aliphatic heterocycles. The lowest BCUT2D eigenvalue weighted by Crippen LogP contribution is -2.05. The van der Waals surface area contributed by atoms with E-state index in [1.165, 1.54) is 6.33 Å².